The quantitative estimate of drug-likeness (QED) is 0.615. The van der Waals surface area contributed by atoms with Gasteiger partial charge in [-0.25, -0.2) is 0 Å². The van der Waals surface area contributed by atoms with E-state index in [2.05, 4.69) is 5.32 Å². The lowest BCUT2D eigenvalue weighted by Gasteiger charge is -2.15. The molecule has 132 valence electrons. The lowest BCUT2D eigenvalue weighted by Crippen LogP contribution is -2.31. The Hall–Kier alpha value is -3.09. The van der Waals surface area contributed by atoms with Gasteiger partial charge >= 0.3 is 5.69 Å². The number of nitrogens with one attached hydrogen (secondary N) is 1. The van der Waals surface area contributed by atoms with E-state index >= 15 is 0 Å². The summed E-state index contributed by atoms with van der Waals surface area (Å²) in [5.41, 5.74) is 1.99. The molecule has 0 saturated heterocycles. The number of hydrogen-bond donors (Lipinski definition) is 1. The van der Waals surface area contributed by atoms with Crippen LogP contribution in [-0.4, -0.2) is 24.5 Å². The van der Waals surface area contributed by atoms with Crippen LogP contribution in [0, 0.1) is 17.0 Å². The second kappa shape index (κ2) is 8.14. The summed E-state index contributed by atoms with van der Waals surface area (Å²) in [6.07, 6.45) is 0. The van der Waals surface area contributed by atoms with Crippen LogP contribution in [0.3, 0.4) is 0 Å². The highest BCUT2D eigenvalue weighted by molar-refractivity contribution is 5.78. The summed E-state index contributed by atoms with van der Waals surface area (Å²) < 4.78 is 10.4. The Labute approximate surface area is 145 Å². The summed E-state index contributed by atoms with van der Waals surface area (Å²) in [6.45, 7) is 3.69. The van der Waals surface area contributed by atoms with Crippen molar-refractivity contribution in [1.29, 1.82) is 0 Å². The molecule has 25 heavy (non-hydrogen) atoms. The van der Waals surface area contributed by atoms with Crippen LogP contribution in [0.25, 0.3) is 0 Å². The van der Waals surface area contributed by atoms with Crippen molar-refractivity contribution in [2.45, 2.75) is 19.9 Å². The van der Waals surface area contributed by atoms with Gasteiger partial charge in [0.05, 0.1) is 18.1 Å². The molecule has 0 heterocycles. The number of nitro benzene ring substituents is 1. The second-order valence-electron chi connectivity index (χ2n) is 5.58. The molecule has 1 atom stereocenters. The van der Waals surface area contributed by atoms with Gasteiger partial charge in [-0.15, -0.1) is 0 Å². The summed E-state index contributed by atoms with van der Waals surface area (Å²) in [7, 11) is 1.34. The predicted molar refractivity (Wildman–Crippen MR) is 92.9 cm³/mol. The Morgan fingerprint density at radius 1 is 1.24 bits per heavy atom. The van der Waals surface area contributed by atoms with Crippen molar-refractivity contribution in [1.82, 2.24) is 5.32 Å². The van der Waals surface area contributed by atoms with Crippen LogP contribution in [0.5, 0.6) is 11.5 Å². The molecule has 1 N–H and O–H groups in total. The standard InChI is InChI=1S/C18H20N2O5/c1-12-4-6-14(7-5-12)13(2)19-18(21)11-25-15-8-9-16(20(22)23)17(10-15)24-3/h4-10,13H,11H2,1-3H3,(H,19,21)/t13-/m1/s1. The maximum Gasteiger partial charge on any atom is 0.311 e. The number of rotatable bonds is 7. The molecule has 0 aliphatic carbocycles. The summed E-state index contributed by atoms with van der Waals surface area (Å²) >= 11 is 0. The number of carbonyl (C=O) groups is 1. The molecule has 0 aliphatic heterocycles. The van der Waals surface area contributed by atoms with Crippen LogP contribution in [0.1, 0.15) is 24.1 Å². The SMILES string of the molecule is COc1cc(OCC(=O)N[C@H](C)c2ccc(C)cc2)ccc1[N+](=O)[O-]. The van der Waals surface area contributed by atoms with Crippen molar-refractivity contribution in [3.05, 3.63) is 63.7 Å². The smallest absolute Gasteiger partial charge is 0.311 e. The molecule has 0 unspecified atom stereocenters. The van der Waals surface area contributed by atoms with Crippen molar-refractivity contribution in [2.75, 3.05) is 13.7 Å². The van der Waals surface area contributed by atoms with Crippen LogP contribution >= 0.6 is 0 Å². The molecule has 1 amide bonds. The third-order valence-electron chi connectivity index (χ3n) is 3.67. The van der Waals surface area contributed by atoms with Crippen molar-refractivity contribution in [2.24, 2.45) is 0 Å². The minimum Gasteiger partial charge on any atom is -0.490 e. The first-order chi connectivity index (χ1) is 11.9. The fourth-order valence-corrected chi connectivity index (χ4v) is 2.27. The highest BCUT2D eigenvalue weighted by Crippen LogP contribution is 2.30. The van der Waals surface area contributed by atoms with E-state index < -0.39 is 4.92 Å². The van der Waals surface area contributed by atoms with E-state index in [0.29, 0.717) is 5.75 Å². The molecule has 0 saturated carbocycles. The largest absolute Gasteiger partial charge is 0.490 e. The number of carbonyl (C=O) groups excluding carboxylic acids is 1. The monoisotopic (exact) mass is 344 g/mol. The van der Waals surface area contributed by atoms with Gasteiger partial charge in [0.2, 0.25) is 5.75 Å². The maximum atomic E-state index is 12.0. The molecule has 7 nitrogen and oxygen atoms in total. The summed E-state index contributed by atoms with van der Waals surface area (Å²) in [4.78, 5) is 22.3. The Balaban J connectivity index is 1.93. The van der Waals surface area contributed by atoms with Gasteiger partial charge in [0.25, 0.3) is 5.91 Å². The van der Waals surface area contributed by atoms with E-state index in [9.17, 15) is 14.9 Å². The van der Waals surface area contributed by atoms with Crippen molar-refractivity contribution in [3.8, 4) is 11.5 Å². The first-order valence-electron chi connectivity index (χ1n) is 7.72. The van der Waals surface area contributed by atoms with E-state index in [1.807, 2.05) is 38.1 Å². The molecule has 0 bridgehead atoms. The van der Waals surface area contributed by atoms with E-state index in [-0.39, 0.29) is 30.0 Å². The minimum absolute atomic E-state index is 0.0796. The molecule has 0 aliphatic rings. The predicted octanol–water partition coefficient (Wildman–Crippen LogP) is 3.17. The van der Waals surface area contributed by atoms with E-state index in [1.165, 1.54) is 25.3 Å². The van der Waals surface area contributed by atoms with Crippen LogP contribution in [-0.2, 0) is 4.79 Å². The molecule has 0 fully saturated rings. The van der Waals surface area contributed by atoms with Crippen LogP contribution in [0.2, 0.25) is 0 Å². The van der Waals surface area contributed by atoms with E-state index in [1.54, 1.807) is 0 Å². The van der Waals surface area contributed by atoms with Gasteiger partial charge < -0.3 is 14.8 Å². The highest BCUT2D eigenvalue weighted by Gasteiger charge is 2.16. The highest BCUT2D eigenvalue weighted by atomic mass is 16.6. The summed E-state index contributed by atoms with van der Waals surface area (Å²) in [5, 5.41) is 13.7. The number of nitrogens with zero attached hydrogens (tertiary/aromatic N) is 1. The number of ether oxygens (including phenoxy) is 2. The van der Waals surface area contributed by atoms with Crippen LogP contribution in [0.4, 0.5) is 5.69 Å². The van der Waals surface area contributed by atoms with Crippen molar-refractivity contribution < 1.29 is 19.2 Å². The van der Waals surface area contributed by atoms with Crippen molar-refractivity contribution in [3.63, 3.8) is 0 Å². The third kappa shape index (κ3) is 4.94. The fraction of sp³-hybridized carbons (Fsp3) is 0.278. The van der Waals surface area contributed by atoms with Gasteiger partial charge in [-0.3, -0.25) is 14.9 Å². The number of methoxy groups -OCH3 is 1. The van der Waals surface area contributed by atoms with E-state index in [4.69, 9.17) is 9.47 Å². The van der Waals surface area contributed by atoms with Gasteiger partial charge in [0.1, 0.15) is 5.75 Å². The zero-order chi connectivity index (χ0) is 18.4. The lowest BCUT2D eigenvalue weighted by molar-refractivity contribution is -0.385. The van der Waals surface area contributed by atoms with E-state index in [0.717, 1.165) is 11.1 Å². The molecule has 2 aromatic rings. The molecule has 0 radical (unpaired) electrons. The first kappa shape index (κ1) is 18.3. The zero-order valence-electron chi connectivity index (χ0n) is 14.3. The average Bonchev–Trinajstić information content (AvgIpc) is 2.60. The topological polar surface area (TPSA) is 90.7 Å². The molecular weight excluding hydrogens is 324 g/mol. The molecular formula is C18H20N2O5. The lowest BCUT2D eigenvalue weighted by atomic mass is 10.1. The van der Waals surface area contributed by atoms with Gasteiger partial charge in [-0.05, 0) is 25.5 Å². The van der Waals surface area contributed by atoms with Gasteiger partial charge in [0.15, 0.2) is 6.61 Å². The fourth-order valence-electron chi connectivity index (χ4n) is 2.27. The molecule has 2 rings (SSSR count). The third-order valence-corrected chi connectivity index (χ3v) is 3.67. The Kier molecular flexibility index (Phi) is 5.94. The van der Waals surface area contributed by atoms with Gasteiger partial charge in [-0.2, -0.15) is 0 Å². The Morgan fingerprint density at radius 2 is 1.92 bits per heavy atom. The average molecular weight is 344 g/mol. The normalized spacial score (nSPS) is 11.5. The number of amides is 1. The molecule has 0 spiro atoms. The second-order valence-corrected chi connectivity index (χ2v) is 5.58. The van der Waals surface area contributed by atoms with Gasteiger partial charge in [-0.1, -0.05) is 29.8 Å². The van der Waals surface area contributed by atoms with Crippen LogP contribution < -0.4 is 14.8 Å². The number of hydrogen-bond acceptors (Lipinski definition) is 5. The summed E-state index contributed by atoms with van der Waals surface area (Å²) in [6, 6.07) is 11.8. The molecule has 7 heteroatoms. The molecule has 2 aromatic carbocycles. The molecule has 0 aromatic heterocycles. The Morgan fingerprint density at radius 3 is 2.52 bits per heavy atom. The Bertz CT molecular complexity index is 759. The maximum absolute atomic E-state index is 12.0. The van der Waals surface area contributed by atoms with Gasteiger partial charge in [0, 0.05) is 12.1 Å². The number of aryl methyl sites for hydroxylation is 1. The van der Waals surface area contributed by atoms with Crippen molar-refractivity contribution >= 4 is 11.6 Å². The minimum atomic E-state index is -0.543. The zero-order valence-corrected chi connectivity index (χ0v) is 14.3. The first-order valence-corrected chi connectivity index (χ1v) is 7.72. The van der Waals surface area contributed by atoms with Crippen LogP contribution in [0.15, 0.2) is 42.5 Å². The number of benzene rings is 2. The number of nitro groups is 1. The summed E-state index contributed by atoms with van der Waals surface area (Å²) in [5.74, 6) is 0.113.